The summed E-state index contributed by atoms with van der Waals surface area (Å²) < 4.78 is 0. The molecule has 0 radical (unpaired) electrons. The van der Waals surface area contributed by atoms with Crippen molar-refractivity contribution in [1.29, 1.82) is 0 Å². The number of hydrogen-bond donors (Lipinski definition) is 1. The molecule has 0 aliphatic carbocycles. The van der Waals surface area contributed by atoms with Crippen LogP contribution in [0.2, 0.25) is 5.02 Å². The second kappa shape index (κ2) is 8.20. The number of fused-ring (bicyclic) bond motifs is 3. The average molecular weight is 460 g/mol. The summed E-state index contributed by atoms with van der Waals surface area (Å²) in [4.78, 5) is 38.6. The highest BCUT2D eigenvalue weighted by atomic mass is 35.5. The van der Waals surface area contributed by atoms with Gasteiger partial charge in [-0.15, -0.1) is 5.10 Å². The molecular formula is C20H18ClN5O4S. The molecule has 2 aliphatic heterocycles. The fourth-order valence-corrected chi connectivity index (χ4v) is 4.38. The van der Waals surface area contributed by atoms with E-state index in [2.05, 4.69) is 10.4 Å². The van der Waals surface area contributed by atoms with Crippen LogP contribution in [0.4, 0.5) is 11.4 Å². The van der Waals surface area contributed by atoms with E-state index in [1.54, 1.807) is 48.4 Å². The minimum atomic E-state index is -0.864. The number of carbonyl (C=O) groups excluding carboxylic acids is 2. The quantitative estimate of drug-likeness (QED) is 0.552. The molecule has 4 rings (SSSR count). The highest BCUT2D eigenvalue weighted by Crippen LogP contribution is 2.47. The SMILES string of the molecule is CCC(=O)N1c2ccccc2[C@@H]2C(=O)NC(SC)=NN2[C@H]1c1ccc(Cl)c([N+](=O)[O-])c1. The number of nitrogens with one attached hydrogen (secondary N) is 1. The number of nitrogens with zero attached hydrogens (tertiary/aromatic N) is 4. The summed E-state index contributed by atoms with van der Waals surface area (Å²) >= 11 is 7.27. The van der Waals surface area contributed by atoms with Crippen LogP contribution in [0.5, 0.6) is 0 Å². The predicted molar refractivity (Wildman–Crippen MR) is 119 cm³/mol. The van der Waals surface area contributed by atoms with E-state index >= 15 is 0 Å². The lowest BCUT2D eigenvalue weighted by Crippen LogP contribution is -2.55. The fourth-order valence-electron chi connectivity index (χ4n) is 3.81. The van der Waals surface area contributed by atoms with Crippen LogP contribution in [0.25, 0.3) is 0 Å². The van der Waals surface area contributed by atoms with Gasteiger partial charge in [0.05, 0.1) is 10.6 Å². The number of para-hydroxylation sites is 1. The Hall–Kier alpha value is -3.11. The first kappa shape index (κ1) is 21.1. The molecule has 2 aliphatic rings. The van der Waals surface area contributed by atoms with E-state index in [1.807, 2.05) is 0 Å². The molecule has 0 fully saturated rings. The average Bonchev–Trinajstić information content (AvgIpc) is 2.77. The van der Waals surface area contributed by atoms with Crippen LogP contribution >= 0.6 is 23.4 Å². The number of anilines is 1. The first-order valence-electron chi connectivity index (χ1n) is 9.44. The third-order valence-electron chi connectivity index (χ3n) is 5.16. The van der Waals surface area contributed by atoms with Gasteiger partial charge in [0.1, 0.15) is 5.02 Å². The van der Waals surface area contributed by atoms with Crippen LogP contribution < -0.4 is 10.2 Å². The number of hydrogen-bond acceptors (Lipinski definition) is 7. The number of carbonyl (C=O) groups is 2. The zero-order valence-electron chi connectivity index (χ0n) is 16.6. The second-order valence-electron chi connectivity index (χ2n) is 6.90. The van der Waals surface area contributed by atoms with Crippen molar-refractivity contribution in [2.24, 2.45) is 5.10 Å². The molecule has 0 saturated carbocycles. The molecule has 2 aromatic rings. The van der Waals surface area contributed by atoms with Gasteiger partial charge >= 0.3 is 0 Å². The topological polar surface area (TPSA) is 108 Å². The Bertz CT molecular complexity index is 1120. The molecule has 0 unspecified atom stereocenters. The molecule has 1 N–H and O–H groups in total. The van der Waals surface area contributed by atoms with Crippen molar-refractivity contribution in [3.63, 3.8) is 0 Å². The molecule has 2 heterocycles. The number of benzene rings is 2. The summed E-state index contributed by atoms with van der Waals surface area (Å²) in [5, 5.41) is 20.7. The first-order valence-corrected chi connectivity index (χ1v) is 11.0. The maximum Gasteiger partial charge on any atom is 0.288 e. The Morgan fingerprint density at radius 1 is 1.32 bits per heavy atom. The number of amidine groups is 1. The van der Waals surface area contributed by atoms with Gasteiger partial charge in [0.15, 0.2) is 17.4 Å². The van der Waals surface area contributed by atoms with Crippen LogP contribution in [0.3, 0.4) is 0 Å². The summed E-state index contributed by atoms with van der Waals surface area (Å²) in [7, 11) is 0. The smallest absolute Gasteiger partial charge is 0.288 e. The minimum absolute atomic E-state index is 0.0143. The van der Waals surface area contributed by atoms with Gasteiger partial charge in [-0.3, -0.25) is 29.6 Å². The van der Waals surface area contributed by atoms with E-state index in [9.17, 15) is 19.7 Å². The van der Waals surface area contributed by atoms with Crippen LogP contribution in [0, 0.1) is 10.1 Å². The summed E-state index contributed by atoms with van der Waals surface area (Å²) in [6, 6.07) is 10.7. The van der Waals surface area contributed by atoms with Crippen molar-refractivity contribution < 1.29 is 14.5 Å². The van der Waals surface area contributed by atoms with E-state index in [-0.39, 0.29) is 28.9 Å². The Balaban J connectivity index is 2.00. The van der Waals surface area contributed by atoms with Gasteiger partial charge in [-0.2, -0.15) is 0 Å². The van der Waals surface area contributed by atoms with Gasteiger partial charge in [0.2, 0.25) is 5.91 Å². The third-order valence-corrected chi connectivity index (χ3v) is 6.05. The third kappa shape index (κ3) is 3.51. The zero-order chi connectivity index (χ0) is 22.3. The fraction of sp³-hybridized carbons (Fsp3) is 0.250. The lowest BCUT2D eigenvalue weighted by molar-refractivity contribution is -0.384. The number of rotatable bonds is 3. The van der Waals surface area contributed by atoms with E-state index in [4.69, 9.17) is 11.6 Å². The molecule has 0 bridgehead atoms. The molecule has 160 valence electrons. The van der Waals surface area contributed by atoms with Gasteiger partial charge in [0, 0.05) is 23.6 Å². The molecule has 0 saturated heterocycles. The number of amides is 2. The van der Waals surface area contributed by atoms with Crippen molar-refractivity contribution in [3.8, 4) is 0 Å². The van der Waals surface area contributed by atoms with Crippen molar-refractivity contribution in [2.75, 3.05) is 11.2 Å². The highest BCUT2D eigenvalue weighted by Gasteiger charge is 2.47. The van der Waals surface area contributed by atoms with E-state index in [0.29, 0.717) is 22.0 Å². The summed E-state index contributed by atoms with van der Waals surface area (Å²) in [5.41, 5.74) is 1.34. The summed E-state index contributed by atoms with van der Waals surface area (Å²) in [6.07, 6.45) is 1.11. The van der Waals surface area contributed by atoms with Crippen LogP contribution in [-0.4, -0.2) is 33.2 Å². The minimum Gasteiger partial charge on any atom is -0.302 e. The monoisotopic (exact) mass is 459 g/mol. The standard InChI is InChI=1S/C20H18ClN5O4S/c1-3-16(27)24-14-7-5-4-6-12(14)17-18(28)22-20(31-2)23-25(17)19(24)11-8-9-13(21)15(10-11)26(29)30/h4-10,17,19H,3H2,1-2H3,(H,22,23,28)/t17-,19+/m1/s1. The van der Waals surface area contributed by atoms with Crippen LogP contribution in [0.1, 0.15) is 36.7 Å². The molecule has 2 amide bonds. The normalized spacial score (nSPS) is 19.8. The zero-order valence-corrected chi connectivity index (χ0v) is 18.2. The molecule has 11 heteroatoms. The maximum absolute atomic E-state index is 13.1. The molecule has 31 heavy (non-hydrogen) atoms. The Labute approximate surface area is 187 Å². The Kier molecular flexibility index (Phi) is 5.59. The van der Waals surface area contributed by atoms with Gasteiger partial charge in [-0.25, -0.2) is 0 Å². The molecular weight excluding hydrogens is 442 g/mol. The van der Waals surface area contributed by atoms with Gasteiger partial charge in [0.25, 0.3) is 11.6 Å². The highest BCUT2D eigenvalue weighted by molar-refractivity contribution is 8.13. The van der Waals surface area contributed by atoms with Gasteiger partial charge in [-0.05, 0) is 18.4 Å². The second-order valence-corrected chi connectivity index (χ2v) is 8.10. The first-order chi connectivity index (χ1) is 14.9. The van der Waals surface area contributed by atoms with Crippen molar-refractivity contribution in [3.05, 3.63) is 68.7 Å². The lowest BCUT2D eigenvalue weighted by Gasteiger charge is -2.48. The predicted octanol–water partition coefficient (Wildman–Crippen LogP) is 3.81. The molecule has 9 nitrogen and oxygen atoms in total. The lowest BCUT2D eigenvalue weighted by atomic mass is 9.95. The number of halogens is 1. The van der Waals surface area contributed by atoms with Crippen LogP contribution in [-0.2, 0) is 9.59 Å². The largest absolute Gasteiger partial charge is 0.302 e. The molecule has 2 atom stereocenters. The summed E-state index contributed by atoms with van der Waals surface area (Å²) in [6.45, 7) is 1.73. The van der Waals surface area contributed by atoms with E-state index < -0.39 is 17.1 Å². The van der Waals surface area contributed by atoms with Crippen LogP contribution in [0.15, 0.2) is 47.6 Å². The van der Waals surface area contributed by atoms with E-state index in [0.717, 1.165) is 0 Å². The number of nitro benzene ring substituents is 1. The van der Waals surface area contributed by atoms with Crippen molar-refractivity contribution in [2.45, 2.75) is 25.6 Å². The van der Waals surface area contributed by atoms with Crippen molar-refractivity contribution in [1.82, 2.24) is 10.3 Å². The molecule has 0 aromatic heterocycles. The van der Waals surface area contributed by atoms with Crippen molar-refractivity contribution >= 4 is 51.7 Å². The Morgan fingerprint density at radius 2 is 2.06 bits per heavy atom. The van der Waals surface area contributed by atoms with Gasteiger partial charge < -0.3 is 5.32 Å². The van der Waals surface area contributed by atoms with Gasteiger partial charge in [-0.1, -0.05) is 54.6 Å². The number of hydrazone groups is 1. The molecule has 0 spiro atoms. The molecule has 2 aromatic carbocycles. The number of thioether (sulfide) groups is 1. The maximum atomic E-state index is 13.1. The number of nitro groups is 1. The summed E-state index contributed by atoms with van der Waals surface area (Å²) in [5.74, 6) is -0.496. The Morgan fingerprint density at radius 3 is 2.74 bits per heavy atom. The van der Waals surface area contributed by atoms with E-state index in [1.165, 1.54) is 28.9 Å².